The lowest BCUT2D eigenvalue weighted by atomic mass is 10.1. The molecule has 0 heterocycles. The van der Waals surface area contributed by atoms with Gasteiger partial charge in [-0.05, 0) is 38.1 Å². The molecule has 0 unspecified atom stereocenters. The Labute approximate surface area is 122 Å². The summed E-state index contributed by atoms with van der Waals surface area (Å²) in [6, 6.07) is 4.87. The first-order valence-electron chi connectivity index (χ1n) is 6.33. The number of ether oxygens (including phenoxy) is 3. The number of carbonyl (C=O) groups excluding carboxylic acids is 1. The van der Waals surface area contributed by atoms with E-state index in [1.54, 1.807) is 32.0 Å². The van der Waals surface area contributed by atoms with Crippen molar-refractivity contribution in [3.63, 3.8) is 0 Å². The molecular formula is C15H18O6. The van der Waals surface area contributed by atoms with E-state index in [2.05, 4.69) is 0 Å². The summed E-state index contributed by atoms with van der Waals surface area (Å²) in [6.07, 6.45) is 2.13. The average molecular weight is 294 g/mol. The molecule has 0 radical (unpaired) electrons. The van der Waals surface area contributed by atoms with Gasteiger partial charge < -0.3 is 19.3 Å². The number of hydrogen-bond donors (Lipinski definition) is 1. The Hall–Kier alpha value is -2.50. The van der Waals surface area contributed by atoms with Crippen molar-refractivity contribution < 1.29 is 28.9 Å². The lowest BCUT2D eigenvalue weighted by Crippen LogP contribution is -2.18. The van der Waals surface area contributed by atoms with Gasteiger partial charge in [-0.15, -0.1) is 0 Å². The van der Waals surface area contributed by atoms with Crippen molar-refractivity contribution in [2.24, 2.45) is 0 Å². The topological polar surface area (TPSA) is 82.1 Å². The summed E-state index contributed by atoms with van der Waals surface area (Å²) >= 11 is 0. The highest BCUT2D eigenvalue weighted by Gasteiger charge is 2.09. The summed E-state index contributed by atoms with van der Waals surface area (Å²) in [7, 11) is 1.50. The van der Waals surface area contributed by atoms with Crippen LogP contribution in [0.5, 0.6) is 11.5 Å². The van der Waals surface area contributed by atoms with Gasteiger partial charge in [-0.3, -0.25) is 0 Å². The molecular weight excluding hydrogens is 276 g/mol. The molecule has 1 aromatic carbocycles. The Morgan fingerprint density at radius 3 is 2.62 bits per heavy atom. The maximum Gasteiger partial charge on any atom is 0.344 e. The number of esters is 1. The molecule has 0 atom stereocenters. The number of hydrogen-bond acceptors (Lipinski definition) is 5. The zero-order valence-corrected chi connectivity index (χ0v) is 12.2. The summed E-state index contributed by atoms with van der Waals surface area (Å²) in [5.74, 6) is -0.650. The van der Waals surface area contributed by atoms with Gasteiger partial charge in [0.15, 0.2) is 6.61 Å². The van der Waals surface area contributed by atoms with Gasteiger partial charge in [0.05, 0.1) is 13.2 Å². The number of aliphatic carboxylic acids is 1. The second kappa shape index (κ2) is 7.94. The third-order valence-electron chi connectivity index (χ3n) is 2.34. The van der Waals surface area contributed by atoms with E-state index in [9.17, 15) is 9.59 Å². The van der Waals surface area contributed by atoms with Crippen molar-refractivity contribution in [1.29, 1.82) is 0 Å². The van der Waals surface area contributed by atoms with Crippen LogP contribution < -0.4 is 9.47 Å². The lowest BCUT2D eigenvalue weighted by molar-refractivity contribution is -0.149. The largest absolute Gasteiger partial charge is 0.497 e. The molecule has 1 N–H and O–H groups in total. The third-order valence-corrected chi connectivity index (χ3v) is 2.34. The van der Waals surface area contributed by atoms with E-state index >= 15 is 0 Å². The number of rotatable bonds is 7. The van der Waals surface area contributed by atoms with Crippen LogP contribution in [0.15, 0.2) is 24.3 Å². The first-order chi connectivity index (χ1) is 9.92. The van der Waals surface area contributed by atoms with Crippen molar-refractivity contribution >= 4 is 18.0 Å². The van der Waals surface area contributed by atoms with E-state index < -0.39 is 11.9 Å². The molecule has 0 aliphatic carbocycles. The molecule has 0 aliphatic heterocycles. The molecule has 0 fully saturated rings. The molecule has 0 saturated carbocycles. The van der Waals surface area contributed by atoms with E-state index in [1.165, 1.54) is 13.2 Å². The van der Waals surface area contributed by atoms with Crippen LogP contribution >= 0.6 is 0 Å². The number of benzene rings is 1. The van der Waals surface area contributed by atoms with Crippen LogP contribution in [0.3, 0.4) is 0 Å². The van der Waals surface area contributed by atoms with E-state index in [4.69, 9.17) is 19.3 Å². The Kier molecular flexibility index (Phi) is 6.26. The van der Waals surface area contributed by atoms with E-state index in [0.29, 0.717) is 17.1 Å². The number of carbonyl (C=O) groups is 2. The Morgan fingerprint density at radius 2 is 2.05 bits per heavy atom. The van der Waals surface area contributed by atoms with Gasteiger partial charge >= 0.3 is 11.9 Å². The predicted octanol–water partition coefficient (Wildman–Crippen LogP) is 2.12. The Morgan fingerprint density at radius 1 is 1.33 bits per heavy atom. The van der Waals surface area contributed by atoms with Crippen LogP contribution in [0.25, 0.3) is 6.08 Å². The van der Waals surface area contributed by atoms with Crippen molar-refractivity contribution in [2.75, 3.05) is 13.7 Å². The fourth-order valence-corrected chi connectivity index (χ4v) is 1.51. The molecule has 21 heavy (non-hydrogen) atoms. The minimum atomic E-state index is -1.08. The summed E-state index contributed by atoms with van der Waals surface area (Å²) < 4.78 is 15.4. The van der Waals surface area contributed by atoms with Crippen LogP contribution in [-0.4, -0.2) is 36.9 Å². The van der Waals surface area contributed by atoms with Crippen LogP contribution in [-0.2, 0) is 14.3 Å². The summed E-state index contributed by atoms with van der Waals surface area (Å²) in [5, 5.41) is 8.68. The highest BCUT2D eigenvalue weighted by Crippen LogP contribution is 2.25. The van der Waals surface area contributed by atoms with Gasteiger partial charge in [-0.2, -0.15) is 0 Å². The monoisotopic (exact) mass is 294 g/mol. The molecule has 0 bridgehead atoms. The lowest BCUT2D eigenvalue weighted by Gasteiger charge is -2.12. The van der Waals surface area contributed by atoms with Crippen LogP contribution in [0.1, 0.15) is 19.4 Å². The Bertz CT molecular complexity index is 533. The van der Waals surface area contributed by atoms with Crippen molar-refractivity contribution in [3.8, 4) is 11.5 Å². The van der Waals surface area contributed by atoms with E-state index in [-0.39, 0.29) is 12.7 Å². The number of methoxy groups -OCH3 is 1. The second-order valence-electron chi connectivity index (χ2n) is 4.40. The van der Waals surface area contributed by atoms with Crippen molar-refractivity contribution in [1.82, 2.24) is 0 Å². The molecule has 1 rings (SSSR count). The smallest absolute Gasteiger partial charge is 0.344 e. The van der Waals surface area contributed by atoms with Gasteiger partial charge in [-0.25, -0.2) is 9.59 Å². The SMILES string of the molecule is COc1ccc(OCC(=O)OC(C)C)c(C=CC(=O)O)c1. The summed E-state index contributed by atoms with van der Waals surface area (Å²) in [5.41, 5.74) is 0.495. The molecule has 6 heteroatoms. The minimum absolute atomic E-state index is 0.219. The highest BCUT2D eigenvalue weighted by molar-refractivity contribution is 5.86. The highest BCUT2D eigenvalue weighted by atomic mass is 16.6. The molecule has 6 nitrogen and oxygen atoms in total. The minimum Gasteiger partial charge on any atom is -0.497 e. The number of carboxylic acids is 1. The standard InChI is InChI=1S/C15H18O6/c1-10(2)21-15(18)9-20-13-6-5-12(19-3)8-11(13)4-7-14(16)17/h4-8,10H,9H2,1-3H3,(H,16,17). The van der Waals surface area contributed by atoms with Gasteiger partial charge in [-0.1, -0.05) is 0 Å². The van der Waals surface area contributed by atoms with Gasteiger partial charge in [0.25, 0.3) is 0 Å². The zero-order chi connectivity index (χ0) is 15.8. The average Bonchev–Trinajstić information content (AvgIpc) is 2.42. The van der Waals surface area contributed by atoms with Crippen molar-refractivity contribution in [2.45, 2.75) is 20.0 Å². The van der Waals surface area contributed by atoms with Gasteiger partial charge in [0.1, 0.15) is 11.5 Å². The predicted molar refractivity (Wildman–Crippen MR) is 76.4 cm³/mol. The first-order valence-corrected chi connectivity index (χ1v) is 6.33. The third kappa shape index (κ3) is 5.99. The zero-order valence-electron chi connectivity index (χ0n) is 12.2. The molecule has 0 saturated heterocycles. The van der Waals surface area contributed by atoms with Crippen LogP contribution in [0.2, 0.25) is 0 Å². The van der Waals surface area contributed by atoms with Crippen LogP contribution in [0.4, 0.5) is 0 Å². The van der Waals surface area contributed by atoms with Crippen LogP contribution in [0, 0.1) is 0 Å². The molecule has 0 spiro atoms. The summed E-state index contributed by atoms with van der Waals surface area (Å²) in [4.78, 5) is 22.0. The molecule has 114 valence electrons. The van der Waals surface area contributed by atoms with Gasteiger partial charge in [0, 0.05) is 11.6 Å². The molecule has 0 aromatic heterocycles. The number of carboxylic acid groups (broad SMARTS) is 1. The maximum atomic E-state index is 11.4. The van der Waals surface area contributed by atoms with E-state index in [1.807, 2.05) is 0 Å². The van der Waals surface area contributed by atoms with Gasteiger partial charge in [0.2, 0.25) is 0 Å². The first kappa shape index (κ1) is 16.6. The maximum absolute atomic E-state index is 11.4. The second-order valence-corrected chi connectivity index (χ2v) is 4.40. The quantitative estimate of drug-likeness (QED) is 0.612. The molecule has 0 aliphatic rings. The molecule has 0 amide bonds. The fourth-order valence-electron chi connectivity index (χ4n) is 1.51. The Balaban J connectivity index is 2.85. The van der Waals surface area contributed by atoms with Crippen molar-refractivity contribution in [3.05, 3.63) is 29.8 Å². The molecule has 1 aromatic rings. The van der Waals surface area contributed by atoms with E-state index in [0.717, 1.165) is 6.08 Å². The summed E-state index contributed by atoms with van der Waals surface area (Å²) in [6.45, 7) is 3.23. The normalized spacial score (nSPS) is 10.7. The fraction of sp³-hybridized carbons (Fsp3) is 0.333.